The molecule has 3 aromatic rings. The van der Waals surface area contributed by atoms with Gasteiger partial charge in [0, 0.05) is 13.0 Å². The Morgan fingerprint density at radius 3 is 2.12 bits per heavy atom. The van der Waals surface area contributed by atoms with Crippen LogP contribution in [0.3, 0.4) is 0 Å². The van der Waals surface area contributed by atoms with Crippen molar-refractivity contribution in [2.45, 2.75) is 153 Å². The summed E-state index contributed by atoms with van der Waals surface area (Å²) < 4.78 is 37.6. The van der Waals surface area contributed by atoms with Gasteiger partial charge in [0.1, 0.15) is 35.8 Å². The van der Waals surface area contributed by atoms with E-state index in [1.54, 1.807) is 19.1 Å². The fourth-order valence-electron chi connectivity index (χ4n) is 7.01. The number of aliphatic hydroxyl groups excluding tert-OH is 2. The smallest absolute Gasteiger partial charge is 0.387 e. The molecule has 3 heterocycles. The molecule has 4 rings (SSSR count). The molecule has 6 atom stereocenters. The van der Waals surface area contributed by atoms with Crippen LogP contribution >= 0.6 is 7.82 Å². The topological polar surface area (TPSA) is 171 Å². The van der Waals surface area contributed by atoms with E-state index in [0.717, 1.165) is 18.4 Å². The van der Waals surface area contributed by atoms with Crippen LogP contribution in [0.5, 0.6) is 0 Å². The minimum absolute atomic E-state index is 0.118. The summed E-state index contributed by atoms with van der Waals surface area (Å²) in [6.07, 6.45) is 17.7. The van der Waals surface area contributed by atoms with Gasteiger partial charge in [0.15, 0.2) is 5.82 Å². The number of unbranched alkanes of at least 4 members (excludes halogenated alkanes) is 15. The van der Waals surface area contributed by atoms with E-state index in [-0.39, 0.29) is 12.4 Å². The average molecular weight is 747 g/mol. The monoisotopic (exact) mass is 746 g/mol. The molecular weight excluding hydrogens is 683 g/mol. The van der Waals surface area contributed by atoms with Crippen molar-refractivity contribution in [2.24, 2.45) is 0 Å². The molecule has 1 unspecified atom stereocenters. The van der Waals surface area contributed by atoms with Crippen molar-refractivity contribution in [3.05, 3.63) is 60.0 Å². The Morgan fingerprint density at radius 1 is 0.904 bits per heavy atom. The number of phosphoric ester groups is 1. The highest BCUT2D eigenvalue weighted by Crippen LogP contribution is 2.47. The minimum atomic E-state index is -4.62. The number of nitrogens with zero attached hydrogens (tertiary/aromatic N) is 3. The van der Waals surface area contributed by atoms with E-state index >= 15 is 0 Å². The second-order valence-electron chi connectivity index (χ2n) is 14.4. The molecule has 1 saturated heterocycles. The van der Waals surface area contributed by atoms with Gasteiger partial charge in [-0.1, -0.05) is 134 Å². The molecule has 1 aliphatic heterocycles. The molecule has 1 aromatic carbocycles. The lowest BCUT2D eigenvalue weighted by atomic mass is 9.93. The number of anilines is 1. The van der Waals surface area contributed by atoms with Crippen molar-refractivity contribution in [3.8, 4) is 0 Å². The van der Waals surface area contributed by atoms with Crippen LogP contribution in [0.2, 0.25) is 0 Å². The van der Waals surface area contributed by atoms with Crippen LogP contribution in [-0.2, 0) is 35.1 Å². The summed E-state index contributed by atoms with van der Waals surface area (Å²) in [5.74, 6) is 0.246. The Labute approximate surface area is 310 Å². The quantitative estimate of drug-likeness (QED) is 0.0446. The van der Waals surface area contributed by atoms with Crippen molar-refractivity contribution >= 4 is 19.2 Å². The van der Waals surface area contributed by atoms with Crippen molar-refractivity contribution in [1.82, 2.24) is 14.6 Å². The van der Waals surface area contributed by atoms with Gasteiger partial charge in [0.2, 0.25) is 0 Å². The van der Waals surface area contributed by atoms with Crippen LogP contribution in [0.15, 0.2) is 48.8 Å². The van der Waals surface area contributed by atoms with E-state index in [2.05, 4.69) is 17.0 Å². The number of aliphatic hydroxyl groups is 2. The molecule has 0 amide bonds. The summed E-state index contributed by atoms with van der Waals surface area (Å²) >= 11 is 0. The third-order valence-electron chi connectivity index (χ3n) is 10.1. The average Bonchev–Trinajstić information content (AvgIpc) is 3.67. The molecule has 0 radical (unpaired) electrons. The van der Waals surface area contributed by atoms with Gasteiger partial charge < -0.3 is 30.3 Å². The maximum Gasteiger partial charge on any atom is 0.472 e. The molecule has 0 spiro atoms. The number of hydrogen-bond acceptors (Lipinski definition) is 10. The number of phosphoric acid groups is 1. The van der Waals surface area contributed by atoms with Gasteiger partial charge in [-0.15, -0.1) is 0 Å². The molecular formula is C39H63N4O8P. The normalized spacial score (nSPS) is 22.2. The van der Waals surface area contributed by atoms with Gasteiger partial charge in [-0.2, -0.15) is 5.10 Å². The second-order valence-corrected chi connectivity index (χ2v) is 15.8. The van der Waals surface area contributed by atoms with Crippen LogP contribution in [0.4, 0.5) is 5.82 Å². The molecule has 0 bridgehead atoms. The summed E-state index contributed by atoms with van der Waals surface area (Å²) in [5.41, 5.74) is 6.41. The summed E-state index contributed by atoms with van der Waals surface area (Å²) in [6, 6.07) is 12.9. The predicted octanol–water partition coefficient (Wildman–Crippen LogP) is 7.67. The van der Waals surface area contributed by atoms with Gasteiger partial charge in [-0.25, -0.2) is 14.1 Å². The minimum Gasteiger partial charge on any atom is -0.387 e. The van der Waals surface area contributed by atoms with E-state index in [1.807, 2.05) is 30.3 Å². The van der Waals surface area contributed by atoms with E-state index in [4.69, 9.17) is 24.3 Å². The Bertz CT molecular complexity index is 1480. The standard InChI is InChI=1S/C39H63N4O8P/c1-3-4-5-6-7-8-9-10-11-12-13-14-15-16-17-21-26-48-28-32(27-31-22-19-18-20-23-31)51-52(46,47)49-29-34-36(44)37(45)39(2,50-34)35-25-24-33-38(40)41-30-42-43(33)35/h18-20,22-25,30,32,34,36-37,44-45H,3-17,21,26-29H2,1-2H3,(H,46,47)(H2,40,41,42)/t32-,34+,36+,37+,39-/m0/s1. The highest BCUT2D eigenvalue weighted by Gasteiger charge is 2.54. The zero-order valence-corrected chi connectivity index (χ0v) is 32.2. The van der Waals surface area contributed by atoms with Crippen LogP contribution in [-0.4, -0.2) is 73.9 Å². The van der Waals surface area contributed by atoms with Crippen LogP contribution < -0.4 is 5.73 Å². The third kappa shape index (κ3) is 13.2. The lowest BCUT2D eigenvalue weighted by molar-refractivity contribution is -0.0897. The molecule has 292 valence electrons. The number of nitrogens with two attached hydrogens (primary N) is 1. The number of rotatable bonds is 27. The maximum absolute atomic E-state index is 13.2. The Hall–Kier alpha value is -2.41. The first kappa shape index (κ1) is 42.3. The lowest BCUT2D eigenvalue weighted by Gasteiger charge is -2.27. The Kier molecular flexibility index (Phi) is 18.0. The zero-order valence-electron chi connectivity index (χ0n) is 31.3. The van der Waals surface area contributed by atoms with Crippen molar-refractivity contribution in [1.29, 1.82) is 0 Å². The molecule has 1 fully saturated rings. The lowest BCUT2D eigenvalue weighted by Crippen LogP contribution is -2.39. The van der Waals surface area contributed by atoms with E-state index < -0.39 is 44.4 Å². The van der Waals surface area contributed by atoms with Gasteiger partial charge >= 0.3 is 7.82 Å². The first-order valence-corrected chi connectivity index (χ1v) is 21.0. The number of nitrogen functional groups attached to an aromatic ring is 1. The first-order valence-electron chi connectivity index (χ1n) is 19.5. The highest BCUT2D eigenvalue weighted by atomic mass is 31.2. The van der Waals surface area contributed by atoms with E-state index in [1.165, 1.54) is 101 Å². The third-order valence-corrected chi connectivity index (χ3v) is 11.1. The molecule has 12 nitrogen and oxygen atoms in total. The van der Waals surface area contributed by atoms with Crippen molar-refractivity contribution in [2.75, 3.05) is 25.6 Å². The van der Waals surface area contributed by atoms with Crippen molar-refractivity contribution < 1.29 is 38.2 Å². The molecule has 2 aromatic heterocycles. The van der Waals surface area contributed by atoms with Crippen LogP contribution in [0.25, 0.3) is 5.52 Å². The van der Waals surface area contributed by atoms with Crippen LogP contribution in [0.1, 0.15) is 128 Å². The number of hydrogen-bond donors (Lipinski definition) is 4. The van der Waals surface area contributed by atoms with Crippen molar-refractivity contribution in [3.63, 3.8) is 0 Å². The predicted molar refractivity (Wildman–Crippen MR) is 203 cm³/mol. The second kappa shape index (κ2) is 22.1. The SMILES string of the molecule is CCCCCCCCCCCCCCCCCCOC[C@H](Cc1ccccc1)OP(=O)(O)OC[C@H]1O[C@@](C)(c2ccc3c(N)ncnn23)[C@H](O)[C@@H]1O. The summed E-state index contributed by atoms with van der Waals surface area (Å²) in [6.45, 7) is 4.02. The number of aromatic nitrogens is 3. The Morgan fingerprint density at radius 2 is 1.50 bits per heavy atom. The molecule has 52 heavy (non-hydrogen) atoms. The number of fused-ring (bicyclic) bond motifs is 1. The van der Waals surface area contributed by atoms with E-state index in [0.29, 0.717) is 24.2 Å². The molecule has 0 aliphatic carbocycles. The first-order chi connectivity index (χ1) is 25.1. The zero-order chi connectivity index (χ0) is 37.2. The highest BCUT2D eigenvalue weighted by molar-refractivity contribution is 7.47. The van der Waals surface area contributed by atoms with Gasteiger partial charge in [0.25, 0.3) is 0 Å². The summed E-state index contributed by atoms with van der Waals surface area (Å²) in [7, 11) is -4.62. The summed E-state index contributed by atoms with van der Waals surface area (Å²) in [5, 5.41) is 26.1. The number of benzene rings is 1. The van der Waals surface area contributed by atoms with Gasteiger partial charge in [0.05, 0.1) is 25.0 Å². The Balaban J connectivity index is 1.15. The van der Waals surface area contributed by atoms with Gasteiger partial charge in [-0.3, -0.25) is 9.05 Å². The maximum atomic E-state index is 13.2. The molecule has 5 N–H and O–H groups in total. The number of ether oxygens (including phenoxy) is 2. The van der Waals surface area contributed by atoms with Gasteiger partial charge in [-0.05, 0) is 31.0 Å². The van der Waals surface area contributed by atoms with Crippen LogP contribution in [0, 0.1) is 0 Å². The molecule has 0 saturated carbocycles. The van der Waals surface area contributed by atoms with E-state index in [9.17, 15) is 19.7 Å². The fourth-order valence-corrected chi connectivity index (χ4v) is 7.92. The fraction of sp³-hybridized carbons (Fsp3) is 0.692. The molecule has 13 heteroatoms. The molecule has 1 aliphatic rings. The largest absolute Gasteiger partial charge is 0.472 e. The summed E-state index contributed by atoms with van der Waals surface area (Å²) in [4.78, 5) is 14.7.